The molecule has 33 heavy (non-hydrogen) atoms. The highest BCUT2D eigenvalue weighted by Crippen LogP contribution is 2.36. The molecule has 1 fully saturated rings. The molecule has 3 amide bonds. The van der Waals surface area contributed by atoms with Gasteiger partial charge in [0.05, 0.1) is 15.5 Å². The topological polar surface area (TPSA) is 58.6 Å². The van der Waals surface area contributed by atoms with Crippen LogP contribution >= 0.6 is 43.5 Å². The number of carbonyl (C=O) groups is 2. The van der Waals surface area contributed by atoms with Crippen molar-refractivity contribution in [2.24, 2.45) is 0 Å². The number of amides is 3. The Labute approximate surface area is 211 Å². The van der Waals surface area contributed by atoms with Crippen molar-refractivity contribution in [3.8, 4) is 5.75 Å². The summed E-state index contributed by atoms with van der Waals surface area (Å²) in [4.78, 5) is 26.0. The predicted octanol–water partition coefficient (Wildman–Crippen LogP) is 6.68. The van der Waals surface area contributed by atoms with Gasteiger partial charge in [0.15, 0.2) is 0 Å². The van der Waals surface area contributed by atoms with Crippen LogP contribution in [0.4, 0.5) is 9.18 Å². The van der Waals surface area contributed by atoms with Gasteiger partial charge < -0.3 is 10.1 Å². The van der Waals surface area contributed by atoms with Crippen LogP contribution in [0, 0.1) is 5.82 Å². The van der Waals surface area contributed by atoms with Gasteiger partial charge in [-0.1, -0.05) is 48.0 Å². The Hall–Kier alpha value is -2.68. The van der Waals surface area contributed by atoms with E-state index in [1.165, 1.54) is 12.1 Å². The molecule has 4 rings (SSSR count). The number of halogens is 4. The summed E-state index contributed by atoms with van der Waals surface area (Å²) in [5.74, 6) is -0.439. The maximum Gasteiger partial charge on any atom is 0.329 e. The van der Waals surface area contributed by atoms with Crippen LogP contribution in [0.15, 0.2) is 75.3 Å². The SMILES string of the molecule is O=C1N/C(=C/c2cc(Br)c(OCc3ccccc3Cl)c(Br)c2)C(=O)N1Cc1ccccc1F. The minimum Gasteiger partial charge on any atom is -0.486 e. The Balaban J connectivity index is 1.52. The van der Waals surface area contributed by atoms with E-state index in [1.807, 2.05) is 18.2 Å². The Morgan fingerprint density at radius 2 is 1.64 bits per heavy atom. The molecule has 3 aromatic carbocycles. The Kier molecular flexibility index (Phi) is 7.17. The molecule has 0 aromatic heterocycles. The maximum atomic E-state index is 13.9. The average Bonchev–Trinajstić information content (AvgIpc) is 3.03. The maximum absolute atomic E-state index is 13.9. The van der Waals surface area contributed by atoms with Gasteiger partial charge in [0.2, 0.25) is 0 Å². The molecule has 1 aliphatic rings. The summed E-state index contributed by atoms with van der Waals surface area (Å²) in [6.45, 7) is 0.119. The highest BCUT2D eigenvalue weighted by atomic mass is 79.9. The van der Waals surface area contributed by atoms with Crippen LogP contribution in [0.3, 0.4) is 0 Å². The van der Waals surface area contributed by atoms with E-state index in [0.717, 1.165) is 10.5 Å². The van der Waals surface area contributed by atoms with Gasteiger partial charge in [-0.05, 0) is 67.8 Å². The van der Waals surface area contributed by atoms with Gasteiger partial charge >= 0.3 is 6.03 Å². The molecule has 168 valence electrons. The molecule has 0 unspecified atom stereocenters. The van der Waals surface area contributed by atoms with Crippen molar-refractivity contribution in [3.63, 3.8) is 0 Å². The number of ether oxygens (including phenoxy) is 1. The lowest BCUT2D eigenvalue weighted by Gasteiger charge is -2.13. The van der Waals surface area contributed by atoms with Gasteiger partial charge in [-0.3, -0.25) is 9.69 Å². The monoisotopic (exact) mass is 592 g/mol. The smallest absolute Gasteiger partial charge is 0.329 e. The Morgan fingerprint density at radius 1 is 1.00 bits per heavy atom. The molecule has 5 nitrogen and oxygen atoms in total. The molecule has 0 bridgehead atoms. The summed E-state index contributed by atoms with van der Waals surface area (Å²) in [6.07, 6.45) is 1.55. The standard InChI is InChI=1S/C24H16Br2ClFN2O3/c25-17-9-14(10-18(26)22(17)33-13-16-6-1-3-7-19(16)27)11-21-23(31)30(24(32)29-21)12-15-5-2-4-8-20(15)28/h1-11H,12-13H2,(H,29,32)/b21-11+. The summed E-state index contributed by atoms with van der Waals surface area (Å²) in [7, 11) is 0. The first kappa shape index (κ1) is 23.5. The van der Waals surface area contributed by atoms with Crippen molar-refractivity contribution in [2.75, 3.05) is 0 Å². The zero-order chi connectivity index (χ0) is 23.5. The van der Waals surface area contributed by atoms with E-state index in [9.17, 15) is 14.0 Å². The zero-order valence-electron chi connectivity index (χ0n) is 16.9. The number of hydrogen-bond donors (Lipinski definition) is 1. The first-order valence-electron chi connectivity index (χ1n) is 9.76. The third-order valence-electron chi connectivity index (χ3n) is 4.91. The fourth-order valence-corrected chi connectivity index (χ4v) is 4.89. The fourth-order valence-electron chi connectivity index (χ4n) is 3.24. The average molecular weight is 595 g/mol. The number of rotatable bonds is 6. The number of hydrogen-bond acceptors (Lipinski definition) is 3. The molecule has 9 heteroatoms. The van der Waals surface area contributed by atoms with Crippen molar-refractivity contribution in [1.82, 2.24) is 10.2 Å². The number of nitrogens with zero attached hydrogens (tertiary/aromatic N) is 1. The molecule has 0 radical (unpaired) electrons. The lowest BCUT2D eigenvalue weighted by Crippen LogP contribution is -2.30. The van der Waals surface area contributed by atoms with Gasteiger partial charge in [-0.2, -0.15) is 0 Å². The first-order valence-corrected chi connectivity index (χ1v) is 11.7. The minimum absolute atomic E-state index is 0.0971. The highest BCUT2D eigenvalue weighted by Gasteiger charge is 2.34. The van der Waals surface area contributed by atoms with Crippen molar-refractivity contribution in [2.45, 2.75) is 13.2 Å². The molecule has 1 N–H and O–H groups in total. The van der Waals surface area contributed by atoms with E-state index in [2.05, 4.69) is 37.2 Å². The van der Waals surface area contributed by atoms with Crippen molar-refractivity contribution in [1.29, 1.82) is 0 Å². The summed E-state index contributed by atoms with van der Waals surface area (Å²) < 4.78 is 21.2. The molecule has 0 atom stereocenters. The van der Waals surface area contributed by atoms with Gasteiger partial charge in [0, 0.05) is 16.1 Å². The number of nitrogens with one attached hydrogen (secondary N) is 1. The number of urea groups is 1. The minimum atomic E-state index is -0.604. The summed E-state index contributed by atoms with van der Waals surface area (Å²) in [5, 5.41) is 3.16. The van der Waals surface area contributed by atoms with E-state index in [1.54, 1.807) is 36.4 Å². The van der Waals surface area contributed by atoms with Crippen molar-refractivity contribution < 1.29 is 18.7 Å². The second kappa shape index (κ2) is 10.1. The van der Waals surface area contributed by atoms with Crippen LogP contribution < -0.4 is 10.1 Å². The van der Waals surface area contributed by atoms with Crippen molar-refractivity contribution >= 4 is 61.5 Å². The number of benzene rings is 3. The lowest BCUT2D eigenvalue weighted by atomic mass is 10.1. The molecule has 1 aliphatic heterocycles. The van der Waals surface area contributed by atoms with E-state index in [0.29, 0.717) is 25.3 Å². The third-order valence-corrected chi connectivity index (χ3v) is 6.46. The molecular formula is C24H16Br2ClFN2O3. The number of imide groups is 1. The van der Waals surface area contributed by atoms with Crippen LogP contribution in [-0.2, 0) is 17.9 Å². The lowest BCUT2D eigenvalue weighted by molar-refractivity contribution is -0.123. The first-order chi connectivity index (χ1) is 15.8. The summed E-state index contributed by atoms with van der Waals surface area (Å²) >= 11 is 13.2. The molecular weight excluding hydrogens is 579 g/mol. The Morgan fingerprint density at radius 3 is 2.30 bits per heavy atom. The largest absolute Gasteiger partial charge is 0.486 e. The van der Waals surface area contributed by atoms with E-state index >= 15 is 0 Å². The predicted molar refractivity (Wildman–Crippen MR) is 131 cm³/mol. The molecule has 1 saturated heterocycles. The van der Waals surface area contributed by atoms with Gasteiger partial charge in [-0.15, -0.1) is 0 Å². The van der Waals surface area contributed by atoms with Crippen LogP contribution in [0.25, 0.3) is 6.08 Å². The summed E-state index contributed by atoms with van der Waals surface area (Å²) in [5.41, 5.74) is 1.85. The van der Waals surface area contributed by atoms with Crippen molar-refractivity contribution in [3.05, 3.63) is 103 Å². The van der Waals surface area contributed by atoms with E-state index in [4.69, 9.17) is 16.3 Å². The fraction of sp³-hybridized carbons (Fsp3) is 0.0833. The second-order valence-corrected chi connectivity index (χ2v) is 9.28. The second-order valence-electron chi connectivity index (χ2n) is 7.16. The zero-order valence-corrected chi connectivity index (χ0v) is 20.9. The van der Waals surface area contributed by atoms with Crippen LogP contribution in [0.1, 0.15) is 16.7 Å². The Bertz CT molecular complexity index is 1260. The molecule has 3 aromatic rings. The third kappa shape index (κ3) is 5.29. The normalized spacial score (nSPS) is 14.7. The number of carbonyl (C=O) groups excluding carboxylic acids is 2. The van der Waals surface area contributed by atoms with E-state index < -0.39 is 17.8 Å². The van der Waals surface area contributed by atoms with Gasteiger partial charge in [0.25, 0.3) is 5.91 Å². The molecule has 0 saturated carbocycles. The molecule has 1 heterocycles. The van der Waals surface area contributed by atoms with E-state index in [-0.39, 0.29) is 24.4 Å². The van der Waals surface area contributed by atoms with Gasteiger partial charge in [-0.25, -0.2) is 9.18 Å². The quantitative estimate of drug-likeness (QED) is 0.256. The molecule has 0 aliphatic carbocycles. The van der Waals surface area contributed by atoms with Crippen LogP contribution in [0.2, 0.25) is 5.02 Å². The van der Waals surface area contributed by atoms with Crippen LogP contribution in [-0.4, -0.2) is 16.8 Å². The van der Waals surface area contributed by atoms with Gasteiger partial charge in [0.1, 0.15) is 23.9 Å². The molecule has 0 spiro atoms. The summed E-state index contributed by atoms with van der Waals surface area (Å²) in [6, 6.07) is 16.3. The van der Waals surface area contributed by atoms with Crippen LogP contribution in [0.5, 0.6) is 5.75 Å². The highest BCUT2D eigenvalue weighted by molar-refractivity contribution is 9.11.